The zero-order valence-corrected chi connectivity index (χ0v) is 20.3. The number of para-hydroxylation sites is 1. The summed E-state index contributed by atoms with van der Waals surface area (Å²) in [5, 5.41) is 17.2. The molecule has 1 aliphatic carbocycles. The summed E-state index contributed by atoms with van der Waals surface area (Å²) in [5.74, 6) is 0.134. The van der Waals surface area contributed by atoms with Crippen molar-refractivity contribution >= 4 is 5.91 Å². The van der Waals surface area contributed by atoms with Crippen molar-refractivity contribution in [2.24, 2.45) is 0 Å². The molecule has 1 saturated heterocycles. The van der Waals surface area contributed by atoms with E-state index in [0.29, 0.717) is 30.3 Å². The maximum absolute atomic E-state index is 12.9. The average molecular weight is 504 g/mol. The number of halogens is 3. The van der Waals surface area contributed by atoms with Crippen LogP contribution < -0.4 is 15.4 Å². The molecule has 2 aliphatic rings. The van der Waals surface area contributed by atoms with Gasteiger partial charge in [-0.15, -0.1) is 0 Å². The summed E-state index contributed by atoms with van der Waals surface area (Å²) in [6.45, 7) is 5.73. The molecule has 2 fully saturated rings. The van der Waals surface area contributed by atoms with Gasteiger partial charge in [-0.1, -0.05) is 30.8 Å². The van der Waals surface area contributed by atoms with E-state index in [1.807, 2.05) is 24.3 Å². The zero-order valence-electron chi connectivity index (χ0n) is 20.3. The molecule has 9 heteroatoms. The normalized spacial score (nSPS) is 23.0. The van der Waals surface area contributed by atoms with Gasteiger partial charge in [0.25, 0.3) is 5.91 Å². The number of benzene rings is 2. The van der Waals surface area contributed by atoms with Gasteiger partial charge in [0.1, 0.15) is 5.75 Å². The van der Waals surface area contributed by atoms with Crippen molar-refractivity contribution < 1.29 is 27.8 Å². The second-order valence-corrected chi connectivity index (χ2v) is 9.62. The van der Waals surface area contributed by atoms with Crippen LogP contribution in [-0.4, -0.2) is 54.7 Å². The summed E-state index contributed by atoms with van der Waals surface area (Å²) in [6, 6.07) is 12.6. The van der Waals surface area contributed by atoms with E-state index < -0.39 is 23.2 Å². The first-order valence-electron chi connectivity index (χ1n) is 12.1. The highest BCUT2D eigenvalue weighted by molar-refractivity contribution is 5.94. The number of hydrogen-bond donors (Lipinski definition) is 3. The van der Waals surface area contributed by atoms with Crippen molar-refractivity contribution in [2.75, 3.05) is 26.7 Å². The highest BCUT2D eigenvalue weighted by Crippen LogP contribution is 2.42. The van der Waals surface area contributed by atoms with E-state index in [4.69, 9.17) is 4.74 Å². The Balaban J connectivity index is 1.19. The highest BCUT2D eigenvalue weighted by Gasteiger charge is 2.41. The first kappa shape index (κ1) is 26.0. The van der Waals surface area contributed by atoms with Crippen LogP contribution in [0.15, 0.2) is 60.8 Å². The van der Waals surface area contributed by atoms with Gasteiger partial charge in [0.15, 0.2) is 0 Å². The van der Waals surface area contributed by atoms with Gasteiger partial charge in [0, 0.05) is 36.0 Å². The molecule has 194 valence electrons. The Bertz CT molecular complexity index is 1090. The molecule has 1 amide bonds. The molecular formula is C27H32F3N3O3. The maximum Gasteiger partial charge on any atom is 0.416 e. The van der Waals surface area contributed by atoms with Crippen LogP contribution in [0.2, 0.25) is 0 Å². The topological polar surface area (TPSA) is 73.8 Å². The third kappa shape index (κ3) is 5.84. The monoisotopic (exact) mass is 503 g/mol. The number of carbonyl (C=O) groups excluding carboxylic acids is 1. The lowest BCUT2D eigenvalue weighted by molar-refractivity contribution is -0.137. The van der Waals surface area contributed by atoms with Crippen molar-refractivity contribution in [1.82, 2.24) is 15.5 Å². The number of nitrogens with zero attached hydrogens (tertiary/aromatic N) is 1. The molecule has 6 nitrogen and oxygen atoms in total. The Morgan fingerprint density at radius 3 is 2.53 bits per heavy atom. The Labute approximate surface area is 209 Å². The summed E-state index contributed by atoms with van der Waals surface area (Å²) in [7, 11) is 1.62. The van der Waals surface area contributed by atoms with E-state index in [-0.39, 0.29) is 18.2 Å². The van der Waals surface area contributed by atoms with Gasteiger partial charge in [-0.25, -0.2) is 0 Å². The molecule has 0 atom stereocenters. The Kier molecular flexibility index (Phi) is 7.61. The van der Waals surface area contributed by atoms with E-state index in [2.05, 4.69) is 22.1 Å². The average Bonchev–Trinajstić information content (AvgIpc) is 2.85. The summed E-state index contributed by atoms with van der Waals surface area (Å²) < 4.78 is 44.1. The van der Waals surface area contributed by atoms with Crippen LogP contribution >= 0.6 is 0 Å². The molecule has 0 spiro atoms. The maximum atomic E-state index is 12.9. The molecule has 4 rings (SSSR count). The molecule has 0 unspecified atom stereocenters. The number of methoxy groups -OCH3 is 1. The fraction of sp³-hybridized carbons (Fsp3) is 0.444. The molecule has 1 heterocycles. The number of ether oxygens (including phenoxy) is 1. The number of hydrogen-bond acceptors (Lipinski definition) is 5. The molecule has 1 aliphatic heterocycles. The van der Waals surface area contributed by atoms with Gasteiger partial charge in [-0.3, -0.25) is 9.69 Å². The first-order chi connectivity index (χ1) is 17.1. The lowest BCUT2D eigenvalue weighted by Crippen LogP contribution is -2.62. The third-order valence-corrected chi connectivity index (χ3v) is 7.14. The number of alkyl halides is 3. The van der Waals surface area contributed by atoms with Crippen LogP contribution in [0, 0.1) is 0 Å². The van der Waals surface area contributed by atoms with E-state index >= 15 is 0 Å². The van der Waals surface area contributed by atoms with Gasteiger partial charge < -0.3 is 20.5 Å². The first-order valence-corrected chi connectivity index (χ1v) is 12.1. The fourth-order valence-electron chi connectivity index (χ4n) is 5.11. The SMILES string of the molecule is C=C(CNC(=O)c1cccc(C(F)(F)F)c1)NC1CN(C2CCC(O)(c3ccccc3OC)CC2)C1. The number of aliphatic hydroxyl groups is 1. The van der Waals surface area contributed by atoms with Gasteiger partial charge in [-0.05, 0) is 49.9 Å². The quantitative estimate of drug-likeness (QED) is 0.507. The molecule has 3 N–H and O–H groups in total. The number of likely N-dealkylation sites (tertiary alicyclic amines) is 1. The number of nitrogens with one attached hydrogen (secondary N) is 2. The van der Waals surface area contributed by atoms with Gasteiger partial charge in [0.05, 0.1) is 30.9 Å². The Morgan fingerprint density at radius 1 is 1.17 bits per heavy atom. The van der Waals surface area contributed by atoms with Crippen molar-refractivity contribution in [3.63, 3.8) is 0 Å². The van der Waals surface area contributed by atoms with Crippen molar-refractivity contribution in [3.05, 3.63) is 77.5 Å². The van der Waals surface area contributed by atoms with Gasteiger partial charge in [0.2, 0.25) is 0 Å². The molecule has 2 aromatic carbocycles. The van der Waals surface area contributed by atoms with Crippen LogP contribution in [0.1, 0.15) is 47.2 Å². The largest absolute Gasteiger partial charge is 0.496 e. The molecule has 0 bridgehead atoms. The van der Waals surface area contributed by atoms with Crippen LogP contribution in [0.25, 0.3) is 0 Å². The van der Waals surface area contributed by atoms with E-state index in [1.165, 1.54) is 12.1 Å². The molecular weight excluding hydrogens is 471 g/mol. The van der Waals surface area contributed by atoms with E-state index in [1.54, 1.807) is 7.11 Å². The minimum atomic E-state index is -4.50. The number of rotatable bonds is 8. The van der Waals surface area contributed by atoms with Crippen molar-refractivity contribution in [3.8, 4) is 5.75 Å². The van der Waals surface area contributed by atoms with Crippen LogP contribution in [0.3, 0.4) is 0 Å². The van der Waals surface area contributed by atoms with Crippen LogP contribution in [0.4, 0.5) is 13.2 Å². The van der Waals surface area contributed by atoms with Gasteiger partial charge >= 0.3 is 6.18 Å². The smallest absolute Gasteiger partial charge is 0.416 e. The molecule has 0 radical (unpaired) electrons. The van der Waals surface area contributed by atoms with Crippen molar-refractivity contribution in [2.45, 2.75) is 49.5 Å². The van der Waals surface area contributed by atoms with Crippen molar-refractivity contribution in [1.29, 1.82) is 0 Å². The zero-order chi connectivity index (χ0) is 25.9. The van der Waals surface area contributed by atoms with Crippen LogP contribution in [0.5, 0.6) is 5.75 Å². The lowest BCUT2D eigenvalue weighted by Gasteiger charge is -2.48. The van der Waals surface area contributed by atoms with E-state index in [0.717, 1.165) is 43.6 Å². The van der Waals surface area contributed by atoms with Gasteiger partial charge in [-0.2, -0.15) is 13.2 Å². The highest BCUT2D eigenvalue weighted by atomic mass is 19.4. The Hall–Kier alpha value is -3.04. The molecule has 2 aromatic rings. The number of carbonyl (C=O) groups is 1. The summed E-state index contributed by atoms with van der Waals surface area (Å²) in [5.41, 5.74) is -0.326. The predicted octanol–water partition coefficient (Wildman–Crippen LogP) is 4.06. The number of amides is 1. The second-order valence-electron chi connectivity index (χ2n) is 9.62. The third-order valence-electron chi connectivity index (χ3n) is 7.14. The summed E-state index contributed by atoms with van der Waals surface area (Å²) in [6.07, 6.45) is -1.39. The molecule has 36 heavy (non-hydrogen) atoms. The predicted molar refractivity (Wildman–Crippen MR) is 131 cm³/mol. The van der Waals surface area contributed by atoms with E-state index in [9.17, 15) is 23.1 Å². The minimum Gasteiger partial charge on any atom is -0.496 e. The molecule has 0 aromatic heterocycles. The summed E-state index contributed by atoms with van der Waals surface area (Å²) in [4.78, 5) is 14.7. The molecule has 1 saturated carbocycles. The summed E-state index contributed by atoms with van der Waals surface area (Å²) >= 11 is 0. The standard InChI is InChI=1S/C27H32F3N3O3/c1-18(15-31-25(34)19-6-5-7-20(14-19)27(28,29)30)32-21-16-33(17-21)22-10-12-26(35,13-11-22)23-8-3-4-9-24(23)36-2/h3-9,14,21-22,32,35H,1,10-13,15-17H2,2H3,(H,31,34). The fourth-order valence-corrected chi connectivity index (χ4v) is 5.11. The Morgan fingerprint density at radius 2 is 1.86 bits per heavy atom. The lowest BCUT2D eigenvalue weighted by atomic mass is 9.76. The second kappa shape index (κ2) is 10.5. The van der Waals surface area contributed by atoms with Crippen LogP contribution in [-0.2, 0) is 11.8 Å². The minimum absolute atomic E-state index is 0.0437.